The van der Waals surface area contributed by atoms with Crippen molar-refractivity contribution in [3.63, 3.8) is 0 Å². The van der Waals surface area contributed by atoms with Crippen molar-refractivity contribution in [3.8, 4) is 5.75 Å². The molecule has 1 amide bonds. The van der Waals surface area contributed by atoms with E-state index in [-0.39, 0.29) is 5.91 Å². The number of carbonyl (C=O) groups excluding carboxylic acids is 1. The molecule has 0 heterocycles. The molecule has 1 aromatic rings. The average Bonchev–Trinajstić information content (AvgIpc) is 2.28. The summed E-state index contributed by atoms with van der Waals surface area (Å²) in [5.41, 5.74) is 1.19. The Hall–Kier alpha value is -1.16. The van der Waals surface area contributed by atoms with Crippen LogP contribution < -0.4 is 10.1 Å². The fourth-order valence-corrected chi connectivity index (χ4v) is 1.84. The van der Waals surface area contributed by atoms with Gasteiger partial charge in [-0.25, -0.2) is 0 Å². The lowest BCUT2D eigenvalue weighted by atomic mass is 10.2. The second kappa shape index (κ2) is 7.17. The first kappa shape index (κ1) is 12.9. The first-order valence-electron chi connectivity index (χ1n) is 5.20. The fourth-order valence-electron chi connectivity index (χ4n) is 1.16. The standard InChI is InChI=1S/C12H17NO2S/c1-10-4-3-5-11(8-10)15-6-7-16-9-12(14)13-2/h3-5,8H,6-7,9H2,1-2H3,(H,13,14). The van der Waals surface area contributed by atoms with Gasteiger partial charge in [-0.2, -0.15) is 0 Å². The second-order valence-corrected chi connectivity index (χ2v) is 4.50. The number of carbonyl (C=O) groups is 1. The summed E-state index contributed by atoms with van der Waals surface area (Å²) < 4.78 is 5.55. The molecular weight excluding hydrogens is 222 g/mol. The summed E-state index contributed by atoms with van der Waals surface area (Å²) in [5, 5.41) is 2.58. The van der Waals surface area contributed by atoms with Gasteiger partial charge in [0, 0.05) is 12.8 Å². The van der Waals surface area contributed by atoms with Crippen molar-refractivity contribution in [2.45, 2.75) is 6.92 Å². The molecular formula is C12H17NO2S. The van der Waals surface area contributed by atoms with E-state index in [9.17, 15) is 4.79 Å². The maximum Gasteiger partial charge on any atom is 0.229 e. The minimum atomic E-state index is 0.0561. The molecule has 1 aromatic carbocycles. The van der Waals surface area contributed by atoms with Crippen LogP contribution in [0.5, 0.6) is 5.75 Å². The average molecular weight is 239 g/mol. The van der Waals surface area contributed by atoms with E-state index in [2.05, 4.69) is 5.32 Å². The van der Waals surface area contributed by atoms with Crippen LogP contribution in [0, 0.1) is 6.92 Å². The van der Waals surface area contributed by atoms with E-state index in [1.54, 1.807) is 18.8 Å². The molecule has 3 nitrogen and oxygen atoms in total. The first-order chi connectivity index (χ1) is 7.72. The molecule has 0 aliphatic heterocycles. The van der Waals surface area contributed by atoms with Gasteiger partial charge in [0.1, 0.15) is 5.75 Å². The number of amides is 1. The normalized spacial score (nSPS) is 9.88. The van der Waals surface area contributed by atoms with E-state index in [0.29, 0.717) is 12.4 Å². The molecule has 4 heteroatoms. The molecule has 0 saturated heterocycles. The largest absolute Gasteiger partial charge is 0.493 e. The third-order valence-electron chi connectivity index (χ3n) is 2.00. The fraction of sp³-hybridized carbons (Fsp3) is 0.417. The van der Waals surface area contributed by atoms with E-state index >= 15 is 0 Å². The van der Waals surface area contributed by atoms with Gasteiger partial charge in [0.25, 0.3) is 0 Å². The molecule has 0 saturated carbocycles. The Morgan fingerprint density at radius 2 is 2.31 bits per heavy atom. The van der Waals surface area contributed by atoms with Crippen LogP contribution in [-0.2, 0) is 4.79 Å². The Morgan fingerprint density at radius 1 is 1.50 bits per heavy atom. The van der Waals surface area contributed by atoms with Crippen LogP contribution in [0.15, 0.2) is 24.3 Å². The molecule has 0 aliphatic carbocycles. The van der Waals surface area contributed by atoms with E-state index in [1.807, 2.05) is 31.2 Å². The number of nitrogens with one attached hydrogen (secondary N) is 1. The number of benzene rings is 1. The number of ether oxygens (including phenoxy) is 1. The molecule has 88 valence electrons. The van der Waals surface area contributed by atoms with Crippen LogP contribution in [-0.4, -0.2) is 31.1 Å². The van der Waals surface area contributed by atoms with Gasteiger partial charge in [0.15, 0.2) is 0 Å². The van der Waals surface area contributed by atoms with Gasteiger partial charge in [-0.3, -0.25) is 4.79 Å². The number of hydrogen-bond acceptors (Lipinski definition) is 3. The van der Waals surface area contributed by atoms with E-state index in [4.69, 9.17) is 4.74 Å². The van der Waals surface area contributed by atoms with Crippen molar-refractivity contribution in [3.05, 3.63) is 29.8 Å². The van der Waals surface area contributed by atoms with Crippen molar-refractivity contribution < 1.29 is 9.53 Å². The molecule has 0 bridgehead atoms. The minimum Gasteiger partial charge on any atom is -0.493 e. The number of hydrogen-bond donors (Lipinski definition) is 1. The molecule has 0 spiro atoms. The zero-order chi connectivity index (χ0) is 11.8. The number of aryl methyl sites for hydroxylation is 1. The Bertz CT molecular complexity index is 342. The van der Waals surface area contributed by atoms with Gasteiger partial charge >= 0.3 is 0 Å². The highest BCUT2D eigenvalue weighted by molar-refractivity contribution is 7.99. The van der Waals surface area contributed by atoms with Crippen molar-refractivity contribution in [2.75, 3.05) is 25.2 Å². The van der Waals surface area contributed by atoms with E-state index in [1.165, 1.54) is 5.56 Å². The van der Waals surface area contributed by atoms with Gasteiger partial charge in [-0.05, 0) is 24.6 Å². The highest BCUT2D eigenvalue weighted by atomic mass is 32.2. The zero-order valence-corrected chi connectivity index (χ0v) is 10.5. The molecule has 1 rings (SSSR count). The topological polar surface area (TPSA) is 38.3 Å². The van der Waals surface area contributed by atoms with Gasteiger partial charge in [0.2, 0.25) is 5.91 Å². The lowest BCUT2D eigenvalue weighted by Crippen LogP contribution is -2.20. The van der Waals surface area contributed by atoms with Crippen LogP contribution in [0.3, 0.4) is 0 Å². The summed E-state index contributed by atoms with van der Waals surface area (Å²) in [6.07, 6.45) is 0. The van der Waals surface area contributed by atoms with Crippen LogP contribution in [0.25, 0.3) is 0 Å². The van der Waals surface area contributed by atoms with Gasteiger partial charge in [-0.1, -0.05) is 12.1 Å². The molecule has 1 N–H and O–H groups in total. The van der Waals surface area contributed by atoms with Gasteiger partial charge in [-0.15, -0.1) is 11.8 Å². The predicted octanol–water partition coefficient (Wildman–Crippen LogP) is 1.85. The van der Waals surface area contributed by atoms with Crippen molar-refractivity contribution >= 4 is 17.7 Å². The Labute approximate surface area is 101 Å². The summed E-state index contributed by atoms with van der Waals surface area (Å²) in [7, 11) is 1.64. The molecule has 0 aromatic heterocycles. The minimum absolute atomic E-state index is 0.0561. The smallest absolute Gasteiger partial charge is 0.229 e. The lowest BCUT2D eigenvalue weighted by molar-refractivity contribution is -0.118. The number of rotatable bonds is 6. The molecule has 0 aliphatic rings. The van der Waals surface area contributed by atoms with Crippen LogP contribution in [0.1, 0.15) is 5.56 Å². The molecule has 16 heavy (non-hydrogen) atoms. The summed E-state index contributed by atoms with van der Waals surface area (Å²) in [6, 6.07) is 7.95. The van der Waals surface area contributed by atoms with Crippen molar-refractivity contribution in [2.24, 2.45) is 0 Å². The third-order valence-corrected chi connectivity index (χ3v) is 2.92. The van der Waals surface area contributed by atoms with Crippen LogP contribution in [0.4, 0.5) is 0 Å². The Morgan fingerprint density at radius 3 is 3.00 bits per heavy atom. The summed E-state index contributed by atoms with van der Waals surface area (Å²) in [5.74, 6) is 2.26. The third kappa shape index (κ3) is 5.07. The maximum absolute atomic E-state index is 10.9. The highest BCUT2D eigenvalue weighted by Gasteiger charge is 1.98. The van der Waals surface area contributed by atoms with Crippen LogP contribution in [0.2, 0.25) is 0 Å². The summed E-state index contributed by atoms with van der Waals surface area (Å²) in [6.45, 7) is 2.66. The highest BCUT2D eigenvalue weighted by Crippen LogP contribution is 2.12. The van der Waals surface area contributed by atoms with Gasteiger partial charge < -0.3 is 10.1 Å². The molecule has 0 atom stereocenters. The Balaban J connectivity index is 2.14. The van der Waals surface area contributed by atoms with E-state index < -0.39 is 0 Å². The van der Waals surface area contributed by atoms with E-state index in [0.717, 1.165) is 11.5 Å². The quantitative estimate of drug-likeness (QED) is 0.770. The molecule has 0 unspecified atom stereocenters. The number of thioether (sulfide) groups is 1. The molecule has 0 fully saturated rings. The van der Waals surface area contributed by atoms with Crippen molar-refractivity contribution in [1.82, 2.24) is 5.32 Å². The van der Waals surface area contributed by atoms with Crippen LogP contribution >= 0.6 is 11.8 Å². The zero-order valence-electron chi connectivity index (χ0n) is 9.66. The Kier molecular flexibility index (Phi) is 5.78. The predicted molar refractivity (Wildman–Crippen MR) is 68.1 cm³/mol. The second-order valence-electron chi connectivity index (χ2n) is 3.39. The van der Waals surface area contributed by atoms with Crippen molar-refractivity contribution in [1.29, 1.82) is 0 Å². The monoisotopic (exact) mass is 239 g/mol. The maximum atomic E-state index is 10.9. The SMILES string of the molecule is CNC(=O)CSCCOc1cccc(C)c1. The lowest BCUT2D eigenvalue weighted by Gasteiger charge is -2.06. The summed E-state index contributed by atoms with van der Waals surface area (Å²) in [4.78, 5) is 10.9. The molecule has 0 radical (unpaired) electrons. The van der Waals surface area contributed by atoms with Gasteiger partial charge in [0.05, 0.1) is 12.4 Å². The summed E-state index contributed by atoms with van der Waals surface area (Å²) >= 11 is 1.57. The first-order valence-corrected chi connectivity index (χ1v) is 6.35.